The average molecular weight is 163 g/mol. The quantitative estimate of drug-likeness (QED) is 0.715. The van der Waals surface area contributed by atoms with E-state index in [4.69, 9.17) is 4.42 Å². The lowest BCUT2D eigenvalue weighted by molar-refractivity contribution is 0.511. The molecule has 0 saturated carbocycles. The van der Waals surface area contributed by atoms with Crippen molar-refractivity contribution in [3.05, 3.63) is 24.4 Å². The lowest BCUT2D eigenvalue weighted by atomic mass is 10.4. The summed E-state index contributed by atoms with van der Waals surface area (Å²) in [6, 6.07) is 1.81. The number of nitrogens with zero attached hydrogens (tertiary/aromatic N) is 2. The van der Waals surface area contributed by atoms with Crippen LogP contribution in [0.5, 0.6) is 0 Å². The summed E-state index contributed by atoms with van der Waals surface area (Å²) in [6.45, 7) is 0.648. The van der Waals surface area contributed by atoms with E-state index in [1.165, 1.54) is 0 Å². The van der Waals surface area contributed by atoms with E-state index >= 15 is 0 Å². The number of nitrogens with one attached hydrogen (secondary N) is 1. The Morgan fingerprint density at radius 2 is 2.50 bits per heavy atom. The zero-order valence-corrected chi connectivity index (χ0v) is 6.74. The summed E-state index contributed by atoms with van der Waals surface area (Å²) >= 11 is 0. The first-order valence-electron chi connectivity index (χ1n) is 3.74. The molecule has 0 bridgehead atoms. The molecule has 0 aliphatic carbocycles. The number of hydrogen-bond donors (Lipinski definition) is 1. The molecule has 0 aliphatic heterocycles. The second kappa shape index (κ2) is 2.91. The molecule has 0 spiro atoms. The second-order valence-electron chi connectivity index (χ2n) is 2.48. The van der Waals surface area contributed by atoms with Crippen molar-refractivity contribution >= 4 is 11.1 Å². The molecule has 0 unspecified atom stereocenters. The second-order valence-corrected chi connectivity index (χ2v) is 2.48. The number of pyridine rings is 1. The van der Waals surface area contributed by atoms with Gasteiger partial charge in [-0.3, -0.25) is 4.98 Å². The highest BCUT2D eigenvalue weighted by Crippen LogP contribution is 2.12. The summed E-state index contributed by atoms with van der Waals surface area (Å²) in [6.07, 6.45) is 3.38. The Morgan fingerprint density at radius 1 is 1.58 bits per heavy atom. The average Bonchev–Trinajstić information content (AvgIpc) is 2.47. The first kappa shape index (κ1) is 7.24. The van der Waals surface area contributed by atoms with Gasteiger partial charge in [0.15, 0.2) is 5.58 Å². The topological polar surface area (TPSA) is 51.0 Å². The third kappa shape index (κ3) is 1.16. The fraction of sp³-hybridized carbons (Fsp3) is 0.250. The van der Waals surface area contributed by atoms with Crippen LogP contribution in [-0.4, -0.2) is 17.0 Å². The first-order chi connectivity index (χ1) is 5.90. The van der Waals surface area contributed by atoms with Crippen molar-refractivity contribution in [1.82, 2.24) is 15.3 Å². The molecule has 4 nitrogen and oxygen atoms in total. The van der Waals surface area contributed by atoms with Gasteiger partial charge in [0.2, 0.25) is 5.89 Å². The molecule has 1 N–H and O–H groups in total. The molecule has 0 saturated heterocycles. The Morgan fingerprint density at radius 3 is 3.25 bits per heavy atom. The zero-order valence-electron chi connectivity index (χ0n) is 6.74. The van der Waals surface area contributed by atoms with Crippen molar-refractivity contribution < 1.29 is 4.42 Å². The normalized spacial score (nSPS) is 10.8. The van der Waals surface area contributed by atoms with Gasteiger partial charge in [-0.05, 0) is 7.05 Å². The van der Waals surface area contributed by atoms with Gasteiger partial charge >= 0.3 is 0 Å². The lowest BCUT2D eigenvalue weighted by Crippen LogP contribution is -2.04. The number of aromatic nitrogens is 2. The monoisotopic (exact) mass is 163 g/mol. The predicted octanol–water partition coefficient (Wildman–Crippen LogP) is 0.942. The molecule has 2 aromatic heterocycles. The summed E-state index contributed by atoms with van der Waals surface area (Å²) in [4.78, 5) is 8.15. The number of oxazole rings is 1. The minimum atomic E-state index is 0.648. The Balaban J connectivity index is 2.47. The SMILES string of the molecule is CNCc1nc2cnccc2o1. The number of hydrogen-bond acceptors (Lipinski definition) is 4. The van der Waals surface area contributed by atoms with Crippen molar-refractivity contribution in [2.75, 3.05) is 7.05 Å². The molecule has 0 atom stereocenters. The molecule has 0 amide bonds. The van der Waals surface area contributed by atoms with Crippen molar-refractivity contribution in [3.8, 4) is 0 Å². The zero-order chi connectivity index (χ0) is 8.39. The van der Waals surface area contributed by atoms with Crippen LogP contribution < -0.4 is 5.32 Å². The molecular weight excluding hydrogens is 154 g/mol. The van der Waals surface area contributed by atoms with Gasteiger partial charge in [-0.2, -0.15) is 0 Å². The maximum absolute atomic E-state index is 5.39. The summed E-state index contributed by atoms with van der Waals surface area (Å²) in [5, 5.41) is 2.97. The van der Waals surface area contributed by atoms with Crippen LogP contribution in [0.3, 0.4) is 0 Å². The maximum Gasteiger partial charge on any atom is 0.209 e. The maximum atomic E-state index is 5.39. The van der Waals surface area contributed by atoms with E-state index in [2.05, 4.69) is 15.3 Å². The third-order valence-electron chi connectivity index (χ3n) is 1.56. The smallest absolute Gasteiger partial charge is 0.209 e. The number of rotatable bonds is 2. The predicted molar refractivity (Wildman–Crippen MR) is 44.6 cm³/mol. The molecule has 12 heavy (non-hydrogen) atoms. The summed E-state index contributed by atoms with van der Waals surface area (Å²) < 4.78 is 5.39. The molecule has 0 aromatic carbocycles. The van der Waals surface area contributed by atoms with E-state index in [9.17, 15) is 0 Å². The Kier molecular flexibility index (Phi) is 1.75. The van der Waals surface area contributed by atoms with Gasteiger partial charge in [0.1, 0.15) is 5.52 Å². The van der Waals surface area contributed by atoms with E-state index in [-0.39, 0.29) is 0 Å². The first-order valence-corrected chi connectivity index (χ1v) is 3.74. The Hall–Kier alpha value is -1.42. The molecule has 2 aromatic rings. The van der Waals surface area contributed by atoms with Gasteiger partial charge in [0, 0.05) is 12.3 Å². The minimum Gasteiger partial charge on any atom is -0.439 e. The van der Waals surface area contributed by atoms with Crippen LogP contribution >= 0.6 is 0 Å². The van der Waals surface area contributed by atoms with Crippen molar-refractivity contribution in [2.24, 2.45) is 0 Å². The van der Waals surface area contributed by atoms with Crippen LogP contribution in [0.4, 0.5) is 0 Å². The van der Waals surface area contributed by atoms with E-state index < -0.39 is 0 Å². The van der Waals surface area contributed by atoms with Crippen molar-refractivity contribution in [1.29, 1.82) is 0 Å². The van der Waals surface area contributed by atoms with Crippen LogP contribution in [0, 0.1) is 0 Å². The number of fused-ring (bicyclic) bond motifs is 1. The molecule has 0 aliphatic rings. The van der Waals surface area contributed by atoms with Gasteiger partial charge in [-0.15, -0.1) is 0 Å². The van der Waals surface area contributed by atoms with Crippen LogP contribution in [0.15, 0.2) is 22.9 Å². The van der Waals surface area contributed by atoms with E-state index in [0.29, 0.717) is 12.4 Å². The van der Waals surface area contributed by atoms with E-state index in [1.807, 2.05) is 13.1 Å². The van der Waals surface area contributed by atoms with Crippen molar-refractivity contribution in [2.45, 2.75) is 6.54 Å². The van der Waals surface area contributed by atoms with Gasteiger partial charge in [0.05, 0.1) is 12.7 Å². The fourth-order valence-corrected chi connectivity index (χ4v) is 1.05. The minimum absolute atomic E-state index is 0.648. The van der Waals surface area contributed by atoms with E-state index in [0.717, 1.165) is 11.1 Å². The highest BCUT2D eigenvalue weighted by molar-refractivity contribution is 5.70. The highest BCUT2D eigenvalue weighted by Gasteiger charge is 2.02. The molecular formula is C8H9N3O. The Labute approximate surface area is 69.6 Å². The van der Waals surface area contributed by atoms with Gasteiger partial charge in [-0.25, -0.2) is 4.98 Å². The summed E-state index contributed by atoms with van der Waals surface area (Å²) in [5.41, 5.74) is 1.60. The molecule has 2 rings (SSSR count). The standard InChI is InChI=1S/C8H9N3O/c1-9-5-8-11-6-4-10-3-2-7(6)12-8/h2-4,9H,5H2,1H3. The summed E-state index contributed by atoms with van der Waals surface area (Å²) in [7, 11) is 1.85. The fourth-order valence-electron chi connectivity index (χ4n) is 1.05. The summed E-state index contributed by atoms with van der Waals surface area (Å²) in [5.74, 6) is 0.695. The van der Waals surface area contributed by atoms with Gasteiger partial charge in [0.25, 0.3) is 0 Å². The lowest BCUT2D eigenvalue weighted by Gasteiger charge is -1.88. The van der Waals surface area contributed by atoms with Crippen LogP contribution in [0.2, 0.25) is 0 Å². The van der Waals surface area contributed by atoms with Crippen LogP contribution in [0.1, 0.15) is 5.89 Å². The highest BCUT2D eigenvalue weighted by atomic mass is 16.3. The van der Waals surface area contributed by atoms with Gasteiger partial charge in [-0.1, -0.05) is 0 Å². The van der Waals surface area contributed by atoms with E-state index in [1.54, 1.807) is 12.4 Å². The van der Waals surface area contributed by atoms with Crippen LogP contribution in [0.25, 0.3) is 11.1 Å². The van der Waals surface area contributed by atoms with Gasteiger partial charge < -0.3 is 9.73 Å². The largest absolute Gasteiger partial charge is 0.439 e. The van der Waals surface area contributed by atoms with Crippen molar-refractivity contribution in [3.63, 3.8) is 0 Å². The molecule has 0 radical (unpaired) electrons. The molecule has 4 heteroatoms. The molecule has 0 fully saturated rings. The molecule has 62 valence electrons. The van der Waals surface area contributed by atoms with Crippen LogP contribution in [-0.2, 0) is 6.54 Å². The molecule has 2 heterocycles. The Bertz CT molecular complexity index is 349. The third-order valence-corrected chi connectivity index (χ3v) is 1.56.